The van der Waals surface area contributed by atoms with Crippen molar-refractivity contribution in [1.82, 2.24) is 15.0 Å². The predicted octanol–water partition coefficient (Wildman–Crippen LogP) is 6.35. The van der Waals surface area contributed by atoms with Crippen molar-refractivity contribution >= 4 is 40.9 Å². The van der Waals surface area contributed by atoms with Gasteiger partial charge in [0.15, 0.2) is 5.82 Å². The van der Waals surface area contributed by atoms with Crippen LogP contribution in [0.5, 0.6) is 0 Å². The molecule has 1 aromatic carbocycles. The Labute approximate surface area is 195 Å². The lowest BCUT2D eigenvalue weighted by molar-refractivity contribution is 0.587. The van der Waals surface area contributed by atoms with Crippen molar-refractivity contribution in [2.45, 2.75) is 19.9 Å². The molecule has 1 unspecified atom stereocenters. The third-order valence-corrected chi connectivity index (χ3v) is 7.15. The zero-order valence-electron chi connectivity index (χ0n) is 18.5. The summed E-state index contributed by atoms with van der Waals surface area (Å²) in [7, 11) is -2.54. The number of aromatic nitrogens is 3. The molecule has 4 aromatic rings. The van der Waals surface area contributed by atoms with E-state index >= 15 is 0 Å². The van der Waals surface area contributed by atoms with Crippen LogP contribution in [0.2, 0.25) is 5.02 Å². The van der Waals surface area contributed by atoms with E-state index in [4.69, 9.17) is 11.6 Å². The molecule has 0 spiro atoms. The molecule has 0 aliphatic heterocycles. The molecule has 0 saturated heterocycles. The minimum atomic E-state index is -2.54. The lowest BCUT2D eigenvalue weighted by Gasteiger charge is -2.20. The minimum Gasteiger partial charge on any atom is -0.375 e. The van der Waals surface area contributed by atoms with Crippen LogP contribution in [0.15, 0.2) is 48.7 Å². The van der Waals surface area contributed by atoms with Crippen LogP contribution in [-0.4, -0.2) is 28.3 Å². The molecule has 0 aliphatic carbocycles. The first kappa shape index (κ1) is 23.3. The zero-order valence-corrected chi connectivity index (χ0v) is 20.2. The van der Waals surface area contributed by atoms with Gasteiger partial charge in [-0.15, -0.1) is 0 Å². The van der Waals surface area contributed by atoms with Gasteiger partial charge in [-0.3, -0.25) is 4.98 Å². The second-order valence-electron chi connectivity index (χ2n) is 8.22. The number of aryl methyl sites for hydroxylation is 1. The summed E-state index contributed by atoms with van der Waals surface area (Å²) in [5.74, 6) is -0.922. The third kappa shape index (κ3) is 4.61. The van der Waals surface area contributed by atoms with Crippen molar-refractivity contribution in [3.63, 3.8) is 0 Å². The topological polar surface area (TPSA) is 67.8 Å². The Morgan fingerprint density at radius 3 is 2.42 bits per heavy atom. The Bertz CT molecular complexity index is 1410. The predicted molar refractivity (Wildman–Crippen MR) is 130 cm³/mol. The molecule has 3 aromatic heterocycles. The zero-order chi connectivity index (χ0) is 23.9. The van der Waals surface area contributed by atoms with E-state index in [1.807, 2.05) is 0 Å². The Hall–Kier alpha value is -2.89. The lowest BCUT2D eigenvalue weighted by atomic mass is 10.1. The Kier molecular flexibility index (Phi) is 6.21. The number of hydrogen-bond donors (Lipinski definition) is 1. The summed E-state index contributed by atoms with van der Waals surface area (Å²) < 4.78 is 41.6. The molecular formula is C24H22ClF2N4OP. The number of nitrogens with zero attached hydrogens (tertiary/aromatic N) is 3. The Morgan fingerprint density at radius 2 is 1.79 bits per heavy atom. The van der Waals surface area contributed by atoms with Crippen LogP contribution < -0.4 is 10.8 Å². The molecule has 9 heteroatoms. The molecule has 1 atom stereocenters. The minimum absolute atomic E-state index is 0.0619. The van der Waals surface area contributed by atoms with Crippen LogP contribution in [-0.2, 0) is 4.57 Å². The number of rotatable bonds is 5. The molecule has 3 heterocycles. The average molecular weight is 487 g/mol. The molecule has 170 valence electrons. The fourth-order valence-electron chi connectivity index (χ4n) is 3.56. The van der Waals surface area contributed by atoms with Crippen molar-refractivity contribution in [2.24, 2.45) is 0 Å². The summed E-state index contributed by atoms with van der Waals surface area (Å²) in [5.41, 5.74) is 3.00. The molecule has 0 bridgehead atoms. The largest absolute Gasteiger partial charge is 0.375 e. The van der Waals surface area contributed by atoms with Crippen LogP contribution in [0.1, 0.15) is 24.2 Å². The summed E-state index contributed by atoms with van der Waals surface area (Å²) in [5, 5.41) is 3.55. The maximum absolute atomic E-state index is 15.0. The van der Waals surface area contributed by atoms with Crippen molar-refractivity contribution in [1.29, 1.82) is 0 Å². The van der Waals surface area contributed by atoms with Gasteiger partial charge < -0.3 is 9.88 Å². The van der Waals surface area contributed by atoms with Crippen LogP contribution in [0.3, 0.4) is 0 Å². The van der Waals surface area contributed by atoms with Crippen LogP contribution >= 0.6 is 18.7 Å². The summed E-state index contributed by atoms with van der Waals surface area (Å²) >= 11 is 6.56. The number of hydrogen-bond acceptors (Lipinski definition) is 5. The average Bonchev–Trinajstić information content (AvgIpc) is 2.76. The maximum Gasteiger partial charge on any atom is 0.151 e. The first-order valence-corrected chi connectivity index (χ1v) is 13.2. The molecule has 0 radical (unpaired) electrons. The maximum atomic E-state index is 15.0. The van der Waals surface area contributed by atoms with Gasteiger partial charge in [-0.2, -0.15) is 0 Å². The van der Waals surface area contributed by atoms with E-state index in [-0.39, 0.29) is 11.5 Å². The van der Waals surface area contributed by atoms with E-state index in [0.717, 1.165) is 0 Å². The number of nitrogens with one attached hydrogen (secondary N) is 1. The van der Waals surface area contributed by atoms with Gasteiger partial charge >= 0.3 is 0 Å². The van der Waals surface area contributed by atoms with Gasteiger partial charge in [-0.05, 0) is 45.4 Å². The highest BCUT2D eigenvalue weighted by atomic mass is 35.5. The molecule has 0 aliphatic rings. The van der Waals surface area contributed by atoms with Gasteiger partial charge in [0.1, 0.15) is 24.2 Å². The molecule has 0 saturated carbocycles. The molecular weight excluding hydrogens is 465 g/mol. The fourth-order valence-corrected chi connectivity index (χ4v) is 4.52. The van der Waals surface area contributed by atoms with Gasteiger partial charge in [-0.1, -0.05) is 29.8 Å². The number of benzene rings is 1. The Balaban J connectivity index is 1.84. The SMILES string of the molecule is Cc1nc2cc(F)c(-c3ccc(P(C)(C)=O)nc3)nc2c(NC(C)c2ccccc2F)c1Cl. The highest BCUT2D eigenvalue weighted by Crippen LogP contribution is 2.37. The fraction of sp³-hybridized carbons (Fsp3) is 0.208. The van der Waals surface area contributed by atoms with Crippen LogP contribution in [0, 0.1) is 18.6 Å². The van der Waals surface area contributed by atoms with Crippen LogP contribution in [0.4, 0.5) is 14.5 Å². The number of fused-ring (bicyclic) bond motifs is 1. The highest BCUT2D eigenvalue weighted by Gasteiger charge is 2.20. The number of halogens is 3. The Morgan fingerprint density at radius 1 is 1.06 bits per heavy atom. The van der Waals surface area contributed by atoms with E-state index in [0.29, 0.717) is 44.0 Å². The summed E-state index contributed by atoms with van der Waals surface area (Å²) in [6.07, 6.45) is 1.45. The first-order chi connectivity index (χ1) is 15.6. The monoisotopic (exact) mass is 486 g/mol. The smallest absolute Gasteiger partial charge is 0.151 e. The molecule has 33 heavy (non-hydrogen) atoms. The quantitative estimate of drug-likeness (QED) is 0.333. The number of pyridine rings is 3. The van der Waals surface area contributed by atoms with Gasteiger partial charge in [0.25, 0.3) is 0 Å². The normalized spacial score (nSPS) is 12.7. The first-order valence-electron chi connectivity index (χ1n) is 10.3. The second kappa shape index (κ2) is 8.81. The van der Waals surface area contributed by atoms with Crippen molar-refractivity contribution < 1.29 is 13.3 Å². The highest BCUT2D eigenvalue weighted by molar-refractivity contribution is 7.69. The van der Waals surface area contributed by atoms with E-state index < -0.39 is 19.0 Å². The third-order valence-electron chi connectivity index (χ3n) is 5.32. The van der Waals surface area contributed by atoms with Gasteiger partial charge in [0.2, 0.25) is 0 Å². The molecule has 4 rings (SSSR count). The van der Waals surface area contributed by atoms with Crippen molar-refractivity contribution in [3.8, 4) is 11.3 Å². The molecule has 0 fully saturated rings. The standard InChI is InChI=1S/C24H22ClF2N4OP/c1-13(16-7-5-6-8-17(16)26)30-24-21(25)14(2)29-19-11-18(27)22(31-23(19)24)15-9-10-20(28-12-15)33(3,4)32/h5-13H,1-4H3,(H,29,30). The van der Waals surface area contributed by atoms with Gasteiger partial charge in [0, 0.05) is 23.4 Å². The lowest BCUT2D eigenvalue weighted by Crippen LogP contribution is -2.11. The van der Waals surface area contributed by atoms with E-state index in [9.17, 15) is 13.3 Å². The summed E-state index contributed by atoms with van der Waals surface area (Å²) in [6, 6.07) is 10.5. The van der Waals surface area contributed by atoms with Crippen LogP contribution in [0.25, 0.3) is 22.3 Å². The van der Waals surface area contributed by atoms with E-state index in [2.05, 4.69) is 20.3 Å². The number of anilines is 1. The van der Waals surface area contributed by atoms with Gasteiger partial charge in [-0.25, -0.2) is 18.7 Å². The second-order valence-corrected chi connectivity index (χ2v) is 11.8. The van der Waals surface area contributed by atoms with Crippen molar-refractivity contribution in [2.75, 3.05) is 18.6 Å². The van der Waals surface area contributed by atoms with Gasteiger partial charge in [0.05, 0.1) is 33.4 Å². The summed E-state index contributed by atoms with van der Waals surface area (Å²) in [6.45, 7) is 6.75. The van der Waals surface area contributed by atoms with E-state index in [1.54, 1.807) is 57.5 Å². The molecule has 0 amide bonds. The van der Waals surface area contributed by atoms with Crippen molar-refractivity contribution in [3.05, 3.63) is 76.6 Å². The molecule has 5 nitrogen and oxygen atoms in total. The molecule has 1 N–H and O–H groups in total. The summed E-state index contributed by atoms with van der Waals surface area (Å²) in [4.78, 5) is 13.1. The van der Waals surface area contributed by atoms with E-state index in [1.165, 1.54) is 18.3 Å².